The zero-order chi connectivity index (χ0) is 23.8. The molecule has 9 heteroatoms. The molecular formula is C24H27NO6PSi. The molecule has 0 aromatic heterocycles. The van der Waals surface area contributed by atoms with Gasteiger partial charge in [-0.2, -0.15) is 0 Å². The molecule has 0 spiro atoms. The van der Waals surface area contributed by atoms with Gasteiger partial charge in [-0.1, -0.05) is 55.8 Å². The van der Waals surface area contributed by atoms with Gasteiger partial charge in [0, 0.05) is 0 Å². The van der Waals surface area contributed by atoms with E-state index in [2.05, 4.69) is 4.75 Å². The SMILES string of the molecule is CCCCOC(=O)[Si](C)NP(=O)(Cc1ccc2ccc(C(=O)O)cc2c1)Oc1ccccc1. The highest BCUT2D eigenvalue weighted by Crippen LogP contribution is 2.47. The molecule has 7 nitrogen and oxygen atoms in total. The van der Waals surface area contributed by atoms with Crippen molar-refractivity contribution in [3.63, 3.8) is 0 Å². The molecule has 1 atom stereocenters. The number of hydrogen-bond acceptors (Lipinski definition) is 5. The van der Waals surface area contributed by atoms with Gasteiger partial charge >= 0.3 is 13.5 Å². The number of fused-ring (bicyclic) bond motifs is 1. The molecule has 0 saturated carbocycles. The molecule has 33 heavy (non-hydrogen) atoms. The summed E-state index contributed by atoms with van der Waals surface area (Å²) in [6, 6.07) is 19.1. The quantitative estimate of drug-likeness (QED) is 0.194. The third kappa shape index (κ3) is 7.02. The summed E-state index contributed by atoms with van der Waals surface area (Å²) in [6.45, 7) is 4.04. The summed E-state index contributed by atoms with van der Waals surface area (Å²) in [6.07, 6.45) is 1.71. The lowest BCUT2D eigenvalue weighted by atomic mass is 10.0. The zero-order valence-corrected chi connectivity index (χ0v) is 20.5. The molecule has 173 valence electrons. The smallest absolute Gasteiger partial charge is 0.335 e. The molecule has 3 aromatic carbocycles. The molecule has 0 amide bonds. The van der Waals surface area contributed by atoms with Gasteiger partial charge in [-0.3, -0.25) is 9.36 Å². The molecule has 0 aliphatic carbocycles. The fourth-order valence-electron chi connectivity index (χ4n) is 3.23. The minimum atomic E-state index is -3.54. The van der Waals surface area contributed by atoms with E-state index in [1.807, 2.05) is 25.1 Å². The number of hydrogen-bond donors (Lipinski definition) is 2. The zero-order valence-electron chi connectivity index (χ0n) is 18.6. The summed E-state index contributed by atoms with van der Waals surface area (Å²) < 4.78 is 28.0. The van der Waals surface area contributed by atoms with Crippen molar-refractivity contribution in [3.05, 3.63) is 77.9 Å². The summed E-state index contributed by atoms with van der Waals surface area (Å²) in [5, 5.41) is 10.9. The summed E-state index contributed by atoms with van der Waals surface area (Å²) in [5.74, 6) is -0.585. The topological polar surface area (TPSA) is 102 Å². The van der Waals surface area contributed by atoms with Gasteiger partial charge < -0.3 is 14.4 Å². The number of ether oxygens (including phenoxy) is 1. The summed E-state index contributed by atoms with van der Waals surface area (Å²) in [5.41, 5.74) is 0.483. The fourth-order valence-corrected chi connectivity index (χ4v) is 7.66. The van der Waals surface area contributed by atoms with Crippen LogP contribution >= 0.6 is 7.52 Å². The average Bonchev–Trinajstić information content (AvgIpc) is 2.79. The second-order valence-electron chi connectivity index (χ2n) is 7.66. The molecule has 2 N–H and O–H groups in total. The van der Waals surface area contributed by atoms with Gasteiger partial charge in [-0.25, -0.2) is 9.55 Å². The van der Waals surface area contributed by atoms with E-state index >= 15 is 0 Å². The molecule has 3 aromatic rings. The largest absolute Gasteiger partial charge is 0.478 e. The molecule has 1 radical (unpaired) electrons. The monoisotopic (exact) mass is 484 g/mol. The van der Waals surface area contributed by atoms with Crippen molar-refractivity contribution >= 4 is 38.8 Å². The molecule has 0 bridgehead atoms. The first-order valence-corrected chi connectivity index (χ1v) is 14.5. The molecule has 0 aliphatic heterocycles. The number of para-hydroxylation sites is 1. The van der Waals surface area contributed by atoms with Crippen molar-refractivity contribution in [1.82, 2.24) is 4.75 Å². The number of nitrogens with one attached hydrogen (secondary N) is 1. The Kier molecular flexibility index (Phi) is 8.44. The summed E-state index contributed by atoms with van der Waals surface area (Å²) >= 11 is 0. The van der Waals surface area contributed by atoms with E-state index in [4.69, 9.17) is 9.26 Å². The van der Waals surface area contributed by atoms with Crippen molar-refractivity contribution in [2.75, 3.05) is 6.61 Å². The maximum atomic E-state index is 13.9. The second kappa shape index (κ2) is 11.3. The number of benzene rings is 3. The molecule has 1 unspecified atom stereocenters. The number of carbonyl (C=O) groups excluding carboxylic acids is 1. The Labute approximate surface area is 194 Å². The Hall–Kier alpha value is -2.93. The highest BCUT2D eigenvalue weighted by molar-refractivity contribution is 7.58. The third-order valence-corrected chi connectivity index (χ3v) is 9.66. The van der Waals surface area contributed by atoms with Crippen LogP contribution < -0.4 is 9.28 Å². The number of carbonyl (C=O) groups is 2. The highest BCUT2D eigenvalue weighted by atomic mass is 31.2. The number of carboxylic acid groups (broad SMARTS) is 1. The van der Waals surface area contributed by atoms with Crippen LogP contribution in [0.4, 0.5) is 4.79 Å². The van der Waals surface area contributed by atoms with Crippen LogP contribution in [0.15, 0.2) is 66.7 Å². The van der Waals surface area contributed by atoms with Crippen LogP contribution in [-0.4, -0.2) is 32.2 Å². The van der Waals surface area contributed by atoms with Crippen LogP contribution in [0.2, 0.25) is 6.55 Å². The maximum absolute atomic E-state index is 13.9. The Morgan fingerprint density at radius 2 is 1.76 bits per heavy atom. The molecule has 0 aliphatic rings. The van der Waals surface area contributed by atoms with Gasteiger partial charge in [-0.05, 0) is 53.6 Å². The van der Waals surface area contributed by atoms with E-state index < -0.39 is 28.0 Å². The van der Waals surface area contributed by atoms with E-state index in [1.54, 1.807) is 55.1 Å². The van der Waals surface area contributed by atoms with Crippen molar-refractivity contribution in [2.45, 2.75) is 32.5 Å². The Morgan fingerprint density at radius 1 is 1.03 bits per heavy atom. The predicted molar refractivity (Wildman–Crippen MR) is 130 cm³/mol. The van der Waals surface area contributed by atoms with Crippen molar-refractivity contribution in [1.29, 1.82) is 0 Å². The minimum Gasteiger partial charge on any atom is -0.478 e. The first-order chi connectivity index (χ1) is 15.8. The Balaban J connectivity index is 1.86. The van der Waals surface area contributed by atoms with Gasteiger partial charge in [-0.15, -0.1) is 0 Å². The average molecular weight is 485 g/mol. The molecule has 0 heterocycles. The van der Waals surface area contributed by atoms with Gasteiger partial charge in [0.15, 0.2) is 0 Å². The van der Waals surface area contributed by atoms with Crippen LogP contribution in [0, 0.1) is 0 Å². The van der Waals surface area contributed by atoms with Crippen LogP contribution in [-0.2, 0) is 15.5 Å². The van der Waals surface area contributed by atoms with Gasteiger partial charge in [0.1, 0.15) is 5.75 Å². The second-order valence-corrected chi connectivity index (χ2v) is 12.1. The van der Waals surface area contributed by atoms with E-state index in [-0.39, 0.29) is 11.7 Å². The first-order valence-electron chi connectivity index (χ1n) is 10.7. The Bertz CT molecular complexity index is 1170. The normalized spacial score (nSPS) is 12.9. The standard InChI is InChI=1S/C24H27NO6PSi/c1-3-4-14-30-24(28)33(2)25-32(29,31-22-8-6-5-7-9-22)17-18-10-11-19-12-13-20(23(26)27)16-21(19)15-18/h5-13,15-16H,3-4,14,17H2,1-2H3,(H,25,29)(H,26,27). The molecular weight excluding hydrogens is 457 g/mol. The van der Waals surface area contributed by atoms with Crippen molar-refractivity contribution in [2.24, 2.45) is 0 Å². The first kappa shape index (κ1) is 24.7. The third-order valence-electron chi connectivity index (χ3n) is 4.91. The van der Waals surface area contributed by atoms with E-state index in [9.17, 15) is 19.3 Å². The fraction of sp³-hybridized carbons (Fsp3) is 0.250. The lowest BCUT2D eigenvalue weighted by molar-refractivity contribution is 0.0697. The summed E-state index contributed by atoms with van der Waals surface area (Å²) in [7, 11) is -5.52. The van der Waals surface area contributed by atoms with E-state index in [1.165, 1.54) is 0 Å². The summed E-state index contributed by atoms with van der Waals surface area (Å²) in [4.78, 5) is 23.7. The van der Waals surface area contributed by atoms with Gasteiger partial charge in [0.25, 0.3) is 14.6 Å². The van der Waals surface area contributed by atoms with Crippen LogP contribution in [0.25, 0.3) is 10.8 Å². The lowest BCUT2D eigenvalue weighted by Gasteiger charge is -2.23. The van der Waals surface area contributed by atoms with Crippen LogP contribution in [0.3, 0.4) is 0 Å². The number of aromatic carboxylic acids is 1. The van der Waals surface area contributed by atoms with E-state index in [0.29, 0.717) is 17.9 Å². The van der Waals surface area contributed by atoms with Crippen molar-refractivity contribution in [3.8, 4) is 5.75 Å². The predicted octanol–water partition coefficient (Wildman–Crippen LogP) is 6.04. The molecule has 3 rings (SSSR count). The van der Waals surface area contributed by atoms with Crippen LogP contribution in [0.5, 0.6) is 5.75 Å². The number of unbranched alkanes of at least 4 members (excludes halogenated alkanes) is 1. The number of carboxylic acids is 1. The number of rotatable bonds is 11. The maximum Gasteiger partial charge on any atom is 0.335 e. The van der Waals surface area contributed by atoms with E-state index in [0.717, 1.165) is 23.6 Å². The van der Waals surface area contributed by atoms with Crippen LogP contribution in [0.1, 0.15) is 35.7 Å². The lowest BCUT2D eigenvalue weighted by Crippen LogP contribution is -2.39. The van der Waals surface area contributed by atoms with Gasteiger partial charge in [0.05, 0.1) is 18.3 Å². The molecule has 0 fully saturated rings. The highest BCUT2D eigenvalue weighted by Gasteiger charge is 2.32. The molecule has 0 saturated heterocycles. The Morgan fingerprint density at radius 3 is 2.45 bits per heavy atom. The van der Waals surface area contributed by atoms with Crippen molar-refractivity contribution < 1.29 is 28.5 Å². The minimum absolute atomic E-state index is 0.0272. The van der Waals surface area contributed by atoms with Gasteiger partial charge in [0.2, 0.25) is 0 Å².